The monoisotopic (exact) mass is 256 g/mol. The molecule has 1 atom stereocenters. The van der Waals surface area contributed by atoms with Crippen molar-refractivity contribution in [3.8, 4) is 0 Å². The largest absolute Gasteiger partial charge is 0.481 e. The second kappa shape index (κ2) is 4.78. The number of amides is 2. The van der Waals surface area contributed by atoms with Crippen LogP contribution in [0.4, 0.5) is 4.79 Å². The number of hydrogen-bond donors (Lipinski definition) is 3. The van der Waals surface area contributed by atoms with Gasteiger partial charge in [0.1, 0.15) is 0 Å². The van der Waals surface area contributed by atoms with E-state index in [-0.39, 0.29) is 23.4 Å². The van der Waals surface area contributed by atoms with Crippen molar-refractivity contribution in [1.82, 2.24) is 10.6 Å². The highest BCUT2D eigenvalue weighted by Crippen LogP contribution is 2.67. The van der Waals surface area contributed by atoms with Crippen molar-refractivity contribution in [2.75, 3.05) is 13.1 Å². The highest BCUT2D eigenvalue weighted by molar-refractivity contribution is 5.75. The first kappa shape index (κ1) is 14.8. The molecule has 0 spiro atoms. The Morgan fingerprint density at radius 1 is 1.17 bits per heavy atom. The van der Waals surface area contributed by atoms with Gasteiger partial charge in [0.05, 0.1) is 5.92 Å². The molecule has 1 saturated carbocycles. The van der Waals surface area contributed by atoms with E-state index in [9.17, 15) is 9.59 Å². The molecule has 1 aliphatic carbocycles. The number of rotatable bonds is 5. The fourth-order valence-electron chi connectivity index (χ4n) is 2.43. The molecule has 0 aliphatic heterocycles. The van der Waals surface area contributed by atoms with Gasteiger partial charge in [-0.05, 0) is 16.7 Å². The predicted octanol–water partition coefficient (Wildman–Crippen LogP) is 1.69. The first-order valence-corrected chi connectivity index (χ1v) is 6.35. The van der Waals surface area contributed by atoms with Crippen molar-refractivity contribution in [2.45, 2.75) is 34.6 Å². The molecule has 0 aromatic rings. The number of aliphatic carboxylic acids is 1. The second-order valence-electron chi connectivity index (χ2n) is 6.33. The molecule has 0 radical (unpaired) electrons. The van der Waals surface area contributed by atoms with Crippen LogP contribution in [0.25, 0.3) is 0 Å². The maximum Gasteiger partial charge on any atom is 0.314 e. The van der Waals surface area contributed by atoms with Crippen molar-refractivity contribution in [3.05, 3.63) is 0 Å². The minimum absolute atomic E-state index is 0.151. The molecule has 2 amide bonds. The molecule has 5 nitrogen and oxygen atoms in total. The summed E-state index contributed by atoms with van der Waals surface area (Å²) in [5, 5.41) is 14.1. The Kier molecular flexibility index (Phi) is 3.93. The Balaban J connectivity index is 2.26. The van der Waals surface area contributed by atoms with Crippen LogP contribution in [-0.4, -0.2) is 30.2 Å². The van der Waals surface area contributed by atoms with E-state index in [2.05, 4.69) is 38.3 Å². The van der Waals surface area contributed by atoms with Gasteiger partial charge < -0.3 is 15.7 Å². The molecule has 3 N–H and O–H groups in total. The lowest BCUT2D eigenvalue weighted by molar-refractivity contribution is -0.140. The summed E-state index contributed by atoms with van der Waals surface area (Å²) >= 11 is 0. The Bertz CT molecular complexity index is 336. The maximum atomic E-state index is 11.5. The van der Waals surface area contributed by atoms with Crippen molar-refractivity contribution < 1.29 is 14.7 Å². The lowest BCUT2D eigenvalue weighted by atomic mass is 10.0. The molecule has 0 aromatic heterocycles. The Hall–Kier alpha value is -1.26. The van der Waals surface area contributed by atoms with Gasteiger partial charge in [-0.1, -0.05) is 34.6 Å². The van der Waals surface area contributed by atoms with E-state index in [4.69, 9.17) is 5.11 Å². The molecule has 0 heterocycles. The molecule has 1 unspecified atom stereocenters. The number of carbonyl (C=O) groups excluding carboxylic acids is 1. The van der Waals surface area contributed by atoms with Crippen LogP contribution < -0.4 is 10.6 Å². The fourth-order valence-corrected chi connectivity index (χ4v) is 2.43. The smallest absolute Gasteiger partial charge is 0.314 e. The Morgan fingerprint density at radius 2 is 1.67 bits per heavy atom. The van der Waals surface area contributed by atoms with Gasteiger partial charge >= 0.3 is 12.0 Å². The molecule has 0 saturated heterocycles. The van der Waals surface area contributed by atoms with Crippen molar-refractivity contribution >= 4 is 12.0 Å². The number of urea groups is 1. The SMILES string of the molecule is CC(CNC(=O)NCC1C(C)(C)C1(C)C)C(=O)O. The van der Waals surface area contributed by atoms with Gasteiger partial charge in [-0.2, -0.15) is 0 Å². The summed E-state index contributed by atoms with van der Waals surface area (Å²) < 4.78 is 0. The predicted molar refractivity (Wildman–Crippen MR) is 69.3 cm³/mol. The molecular formula is C13H24N2O3. The number of carboxylic acid groups (broad SMARTS) is 1. The fraction of sp³-hybridized carbons (Fsp3) is 0.846. The van der Waals surface area contributed by atoms with Crippen molar-refractivity contribution in [1.29, 1.82) is 0 Å². The summed E-state index contributed by atoms with van der Waals surface area (Å²) in [7, 11) is 0. The quantitative estimate of drug-likeness (QED) is 0.700. The topological polar surface area (TPSA) is 78.4 Å². The summed E-state index contributed by atoms with van der Waals surface area (Å²) in [6, 6.07) is -0.290. The third kappa shape index (κ3) is 2.76. The Labute approximate surface area is 108 Å². The molecule has 0 bridgehead atoms. The highest BCUT2D eigenvalue weighted by Gasteiger charge is 2.64. The third-order valence-electron chi connectivity index (χ3n) is 4.78. The van der Waals surface area contributed by atoms with Crippen LogP contribution in [0.3, 0.4) is 0 Å². The zero-order valence-corrected chi connectivity index (χ0v) is 11.8. The summed E-state index contributed by atoms with van der Waals surface area (Å²) in [5.74, 6) is -1.00. The molecule has 1 fully saturated rings. The summed E-state index contributed by atoms with van der Waals surface area (Å²) in [6.07, 6.45) is 0. The van der Waals surface area contributed by atoms with E-state index < -0.39 is 11.9 Å². The third-order valence-corrected chi connectivity index (χ3v) is 4.78. The van der Waals surface area contributed by atoms with Crippen LogP contribution in [0, 0.1) is 22.7 Å². The van der Waals surface area contributed by atoms with Gasteiger partial charge in [0.15, 0.2) is 0 Å². The minimum atomic E-state index is -0.903. The van der Waals surface area contributed by atoms with E-state index in [0.717, 1.165) is 0 Å². The first-order chi connectivity index (χ1) is 8.10. The van der Waals surface area contributed by atoms with E-state index >= 15 is 0 Å². The average Bonchev–Trinajstić information content (AvgIpc) is 2.63. The summed E-state index contributed by atoms with van der Waals surface area (Å²) in [6.45, 7) is 11.1. The lowest BCUT2D eigenvalue weighted by Crippen LogP contribution is -2.40. The number of carboxylic acids is 1. The van der Waals surface area contributed by atoms with Crippen LogP contribution in [0.1, 0.15) is 34.6 Å². The van der Waals surface area contributed by atoms with Gasteiger partial charge in [-0.15, -0.1) is 0 Å². The Morgan fingerprint density at radius 3 is 2.06 bits per heavy atom. The molecular weight excluding hydrogens is 232 g/mol. The first-order valence-electron chi connectivity index (χ1n) is 6.35. The average molecular weight is 256 g/mol. The van der Waals surface area contributed by atoms with Gasteiger partial charge in [-0.3, -0.25) is 4.79 Å². The van der Waals surface area contributed by atoms with Crippen LogP contribution in [0.15, 0.2) is 0 Å². The minimum Gasteiger partial charge on any atom is -0.481 e. The normalized spacial score (nSPS) is 22.1. The number of nitrogens with one attached hydrogen (secondary N) is 2. The van der Waals surface area contributed by atoms with E-state index in [1.54, 1.807) is 6.92 Å². The van der Waals surface area contributed by atoms with Crippen LogP contribution in [-0.2, 0) is 4.79 Å². The van der Waals surface area contributed by atoms with E-state index in [1.165, 1.54) is 0 Å². The molecule has 0 aromatic carbocycles. The zero-order chi connectivity index (χ0) is 14.1. The zero-order valence-electron chi connectivity index (χ0n) is 11.8. The molecule has 5 heteroatoms. The summed E-state index contributed by atoms with van der Waals surface area (Å²) in [4.78, 5) is 22.1. The molecule has 1 aliphatic rings. The van der Waals surface area contributed by atoms with Gasteiger partial charge in [0, 0.05) is 13.1 Å². The van der Waals surface area contributed by atoms with Crippen LogP contribution in [0.5, 0.6) is 0 Å². The van der Waals surface area contributed by atoms with E-state index in [1.807, 2.05) is 0 Å². The van der Waals surface area contributed by atoms with Gasteiger partial charge in [0.2, 0.25) is 0 Å². The number of hydrogen-bond acceptors (Lipinski definition) is 2. The number of carbonyl (C=O) groups is 2. The second-order valence-corrected chi connectivity index (χ2v) is 6.33. The van der Waals surface area contributed by atoms with Gasteiger partial charge in [0.25, 0.3) is 0 Å². The van der Waals surface area contributed by atoms with Crippen molar-refractivity contribution in [2.24, 2.45) is 22.7 Å². The molecule has 1 rings (SSSR count). The molecule has 104 valence electrons. The lowest BCUT2D eigenvalue weighted by Gasteiger charge is -2.10. The standard InChI is InChI=1S/C13H24N2O3/c1-8(10(16)17)6-14-11(18)15-7-9-12(2,3)13(9,4)5/h8-9H,6-7H2,1-5H3,(H,16,17)(H2,14,15,18). The van der Waals surface area contributed by atoms with Crippen LogP contribution in [0.2, 0.25) is 0 Å². The van der Waals surface area contributed by atoms with E-state index in [0.29, 0.717) is 12.5 Å². The van der Waals surface area contributed by atoms with Gasteiger partial charge in [-0.25, -0.2) is 4.79 Å². The van der Waals surface area contributed by atoms with Crippen LogP contribution >= 0.6 is 0 Å². The maximum absolute atomic E-state index is 11.5. The molecule has 18 heavy (non-hydrogen) atoms. The summed E-state index contributed by atoms with van der Waals surface area (Å²) in [5.41, 5.74) is 0.489. The highest BCUT2D eigenvalue weighted by atomic mass is 16.4. The van der Waals surface area contributed by atoms with Crippen molar-refractivity contribution in [3.63, 3.8) is 0 Å².